The maximum atomic E-state index is 11.1. The average Bonchev–Trinajstić information content (AvgIpc) is 2.28. The molecule has 0 aliphatic rings. The summed E-state index contributed by atoms with van der Waals surface area (Å²) >= 11 is 0. The minimum Gasteiger partial charge on any atom is -0.480 e. The molecule has 1 rings (SSSR count). The SMILES string of the molecule is CS(=O)(=O)CCCNC(C(=O)O)c1ccccc1. The van der Waals surface area contributed by atoms with Gasteiger partial charge in [-0.15, -0.1) is 0 Å². The third kappa shape index (κ3) is 5.29. The molecule has 100 valence electrons. The number of sulfone groups is 1. The van der Waals surface area contributed by atoms with Crippen LogP contribution in [0.15, 0.2) is 30.3 Å². The Morgan fingerprint density at radius 2 is 1.94 bits per heavy atom. The number of aliphatic carboxylic acids is 1. The van der Waals surface area contributed by atoms with Gasteiger partial charge in [-0.25, -0.2) is 8.42 Å². The van der Waals surface area contributed by atoms with E-state index in [1.54, 1.807) is 24.3 Å². The maximum absolute atomic E-state index is 11.1. The normalized spacial score (nSPS) is 13.2. The van der Waals surface area contributed by atoms with E-state index in [1.165, 1.54) is 6.26 Å². The summed E-state index contributed by atoms with van der Waals surface area (Å²) in [6.45, 7) is 0.346. The molecule has 0 bridgehead atoms. The molecule has 18 heavy (non-hydrogen) atoms. The molecule has 0 saturated heterocycles. The summed E-state index contributed by atoms with van der Waals surface area (Å²) in [5.41, 5.74) is 0.657. The molecule has 1 aromatic carbocycles. The average molecular weight is 271 g/mol. The van der Waals surface area contributed by atoms with E-state index in [4.69, 9.17) is 5.11 Å². The molecule has 2 N–H and O–H groups in total. The zero-order valence-corrected chi connectivity index (χ0v) is 11.0. The number of hydrogen-bond donors (Lipinski definition) is 2. The van der Waals surface area contributed by atoms with Crippen molar-refractivity contribution in [1.29, 1.82) is 0 Å². The van der Waals surface area contributed by atoms with Gasteiger partial charge in [-0.05, 0) is 18.5 Å². The van der Waals surface area contributed by atoms with Crippen LogP contribution in [-0.4, -0.2) is 38.0 Å². The molecular formula is C12H17NO4S. The molecular weight excluding hydrogens is 254 g/mol. The van der Waals surface area contributed by atoms with E-state index in [-0.39, 0.29) is 5.75 Å². The number of benzene rings is 1. The summed E-state index contributed by atoms with van der Waals surface area (Å²) in [5.74, 6) is -0.915. The molecule has 0 heterocycles. The van der Waals surface area contributed by atoms with E-state index in [0.29, 0.717) is 18.5 Å². The van der Waals surface area contributed by atoms with Gasteiger partial charge in [-0.2, -0.15) is 0 Å². The highest BCUT2D eigenvalue weighted by molar-refractivity contribution is 7.90. The smallest absolute Gasteiger partial charge is 0.325 e. The van der Waals surface area contributed by atoms with Gasteiger partial charge in [0.25, 0.3) is 0 Å². The molecule has 0 amide bonds. The first-order valence-corrected chi connectivity index (χ1v) is 7.65. The van der Waals surface area contributed by atoms with Crippen molar-refractivity contribution in [3.05, 3.63) is 35.9 Å². The second-order valence-electron chi connectivity index (χ2n) is 4.12. The minimum absolute atomic E-state index is 0.0567. The van der Waals surface area contributed by atoms with Crippen LogP contribution < -0.4 is 5.32 Å². The summed E-state index contributed by atoms with van der Waals surface area (Å²) in [7, 11) is -2.99. The Labute approximate surface area is 107 Å². The first-order valence-electron chi connectivity index (χ1n) is 5.59. The van der Waals surface area contributed by atoms with Gasteiger partial charge >= 0.3 is 5.97 Å². The fraction of sp³-hybridized carbons (Fsp3) is 0.417. The Morgan fingerprint density at radius 1 is 1.33 bits per heavy atom. The van der Waals surface area contributed by atoms with Crippen molar-refractivity contribution >= 4 is 15.8 Å². The summed E-state index contributed by atoms with van der Waals surface area (Å²) in [6.07, 6.45) is 1.56. The Balaban J connectivity index is 2.53. The van der Waals surface area contributed by atoms with E-state index >= 15 is 0 Å². The molecule has 0 aliphatic carbocycles. The lowest BCUT2D eigenvalue weighted by Crippen LogP contribution is -2.30. The minimum atomic E-state index is -2.99. The van der Waals surface area contributed by atoms with Gasteiger partial charge in [0.15, 0.2) is 0 Å². The first kappa shape index (κ1) is 14.7. The zero-order valence-electron chi connectivity index (χ0n) is 10.2. The largest absolute Gasteiger partial charge is 0.480 e. The molecule has 0 fully saturated rings. The van der Waals surface area contributed by atoms with Crippen LogP contribution in [0, 0.1) is 0 Å². The highest BCUT2D eigenvalue weighted by Crippen LogP contribution is 2.12. The number of rotatable bonds is 7. The lowest BCUT2D eigenvalue weighted by atomic mass is 10.1. The molecule has 0 saturated carbocycles. The zero-order chi connectivity index (χ0) is 13.6. The van der Waals surface area contributed by atoms with Crippen molar-refractivity contribution in [2.75, 3.05) is 18.6 Å². The number of carboxylic acid groups (broad SMARTS) is 1. The Bertz CT molecular complexity index is 484. The van der Waals surface area contributed by atoms with Crippen molar-refractivity contribution in [2.24, 2.45) is 0 Å². The lowest BCUT2D eigenvalue weighted by molar-refractivity contribution is -0.139. The van der Waals surface area contributed by atoms with E-state index in [0.717, 1.165) is 0 Å². The van der Waals surface area contributed by atoms with E-state index < -0.39 is 21.8 Å². The maximum Gasteiger partial charge on any atom is 0.325 e. The number of carbonyl (C=O) groups is 1. The summed E-state index contributed by atoms with van der Waals surface area (Å²) in [6, 6.07) is 8.00. The Kier molecular flexibility index (Phi) is 5.30. The predicted octanol–water partition coefficient (Wildman–Crippen LogP) is 0.837. The van der Waals surface area contributed by atoms with E-state index in [1.807, 2.05) is 6.07 Å². The van der Waals surface area contributed by atoms with Gasteiger partial charge in [0, 0.05) is 6.26 Å². The van der Waals surface area contributed by atoms with Crippen molar-refractivity contribution in [1.82, 2.24) is 5.32 Å². The molecule has 0 radical (unpaired) electrons. The van der Waals surface area contributed by atoms with Crippen molar-refractivity contribution < 1.29 is 18.3 Å². The van der Waals surface area contributed by atoms with Crippen molar-refractivity contribution in [3.63, 3.8) is 0 Å². The predicted molar refractivity (Wildman–Crippen MR) is 69.1 cm³/mol. The standard InChI is InChI=1S/C12H17NO4S/c1-18(16,17)9-5-8-13-11(12(14)15)10-6-3-2-4-7-10/h2-4,6-7,11,13H,5,8-9H2,1H3,(H,14,15). The second-order valence-corrected chi connectivity index (χ2v) is 6.38. The van der Waals surface area contributed by atoms with Crippen LogP contribution in [0.25, 0.3) is 0 Å². The third-order valence-corrected chi connectivity index (χ3v) is 3.45. The van der Waals surface area contributed by atoms with Crippen molar-refractivity contribution in [2.45, 2.75) is 12.5 Å². The fourth-order valence-corrected chi connectivity index (χ4v) is 2.24. The topological polar surface area (TPSA) is 83.5 Å². The van der Waals surface area contributed by atoms with Gasteiger partial charge in [-0.1, -0.05) is 30.3 Å². The molecule has 1 unspecified atom stereocenters. The van der Waals surface area contributed by atoms with Gasteiger partial charge in [-0.3, -0.25) is 4.79 Å². The van der Waals surface area contributed by atoms with E-state index in [2.05, 4.69) is 5.32 Å². The van der Waals surface area contributed by atoms with Crippen molar-refractivity contribution in [3.8, 4) is 0 Å². The monoisotopic (exact) mass is 271 g/mol. The summed E-state index contributed by atoms with van der Waals surface area (Å²) < 4.78 is 21.9. The Hall–Kier alpha value is -1.40. The van der Waals surface area contributed by atoms with Gasteiger partial charge in [0.2, 0.25) is 0 Å². The van der Waals surface area contributed by atoms with Crippen LogP contribution in [0.5, 0.6) is 0 Å². The summed E-state index contributed by atoms with van der Waals surface area (Å²) in [4.78, 5) is 11.1. The molecule has 0 aliphatic heterocycles. The molecule has 1 atom stereocenters. The highest BCUT2D eigenvalue weighted by Gasteiger charge is 2.18. The highest BCUT2D eigenvalue weighted by atomic mass is 32.2. The van der Waals surface area contributed by atoms with Crippen LogP contribution in [0.1, 0.15) is 18.0 Å². The second kappa shape index (κ2) is 6.51. The van der Waals surface area contributed by atoms with Crippen LogP contribution in [0.2, 0.25) is 0 Å². The quantitative estimate of drug-likeness (QED) is 0.718. The number of nitrogens with one attached hydrogen (secondary N) is 1. The fourth-order valence-electron chi connectivity index (χ4n) is 1.57. The molecule has 6 heteroatoms. The van der Waals surface area contributed by atoms with Gasteiger partial charge < -0.3 is 10.4 Å². The summed E-state index contributed by atoms with van der Waals surface area (Å²) in [5, 5.41) is 11.9. The first-order chi connectivity index (χ1) is 8.40. The van der Waals surface area contributed by atoms with Crippen LogP contribution in [0.4, 0.5) is 0 Å². The van der Waals surface area contributed by atoms with Crippen LogP contribution in [0.3, 0.4) is 0 Å². The molecule has 5 nitrogen and oxygen atoms in total. The molecule has 0 spiro atoms. The van der Waals surface area contributed by atoms with Gasteiger partial charge in [0.05, 0.1) is 5.75 Å². The number of carboxylic acids is 1. The third-order valence-electron chi connectivity index (χ3n) is 2.42. The number of hydrogen-bond acceptors (Lipinski definition) is 4. The molecule has 0 aromatic heterocycles. The van der Waals surface area contributed by atoms with Crippen LogP contribution >= 0.6 is 0 Å². The molecule has 1 aromatic rings. The lowest BCUT2D eigenvalue weighted by Gasteiger charge is -2.14. The Morgan fingerprint density at radius 3 is 2.44 bits per heavy atom. The van der Waals surface area contributed by atoms with E-state index in [9.17, 15) is 13.2 Å². The van der Waals surface area contributed by atoms with Gasteiger partial charge in [0.1, 0.15) is 15.9 Å². The van der Waals surface area contributed by atoms with Crippen LogP contribution in [-0.2, 0) is 14.6 Å².